The van der Waals surface area contributed by atoms with Gasteiger partial charge in [0.1, 0.15) is 5.65 Å². The highest BCUT2D eigenvalue weighted by molar-refractivity contribution is 6.30. The number of aromatic nitrogens is 4. The highest BCUT2D eigenvalue weighted by Crippen LogP contribution is 2.18. The second kappa shape index (κ2) is 10.3. The zero-order valence-corrected chi connectivity index (χ0v) is 19.1. The summed E-state index contributed by atoms with van der Waals surface area (Å²) in [6.45, 7) is 3.11. The Morgan fingerprint density at radius 2 is 1.94 bits per heavy atom. The van der Waals surface area contributed by atoms with Crippen LogP contribution >= 0.6 is 11.6 Å². The van der Waals surface area contributed by atoms with Gasteiger partial charge in [-0.05, 0) is 26.2 Å². The molecule has 1 aliphatic rings. The van der Waals surface area contributed by atoms with Crippen LogP contribution in [-0.4, -0.2) is 72.9 Å². The number of urea groups is 1. The topological polar surface area (TPSA) is 108 Å². The lowest BCUT2D eigenvalue weighted by molar-refractivity contribution is -0.192. The smallest absolute Gasteiger partial charge is 0.475 e. The van der Waals surface area contributed by atoms with E-state index in [0.29, 0.717) is 31.2 Å². The number of nitrogens with zero attached hydrogens (tertiary/aromatic N) is 6. The molecule has 0 unspecified atom stereocenters. The summed E-state index contributed by atoms with van der Waals surface area (Å²) in [5.74, 6) is -2.76. The average Bonchev–Trinajstić information content (AvgIpc) is 3.34. The Labute approximate surface area is 197 Å². The molecule has 0 aromatic carbocycles. The van der Waals surface area contributed by atoms with Crippen molar-refractivity contribution in [3.63, 3.8) is 0 Å². The summed E-state index contributed by atoms with van der Waals surface area (Å²) in [4.78, 5) is 29.9. The van der Waals surface area contributed by atoms with Crippen LogP contribution in [0.15, 0.2) is 30.7 Å². The van der Waals surface area contributed by atoms with Gasteiger partial charge < -0.3 is 24.6 Å². The number of nitrogens with one attached hydrogen (secondary N) is 1. The van der Waals surface area contributed by atoms with Crippen molar-refractivity contribution in [1.29, 1.82) is 0 Å². The minimum atomic E-state index is -5.08. The van der Waals surface area contributed by atoms with E-state index >= 15 is 0 Å². The number of pyridine rings is 1. The van der Waals surface area contributed by atoms with Crippen LogP contribution in [0.4, 0.5) is 18.0 Å². The molecular weight excluding hydrogens is 479 g/mol. The first-order valence-corrected chi connectivity index (χ1v) is 10.5. The van der Waals surface area contributed by atoms with Crippen molar-refractivity contribution >= 4 is 29.2 Å². The van der Waals surface area contributed by atoms with Gasteiger partial charge >= 0.3 is 18.2 Å². The Bertz CT molecular complexity index is 1180. The average molecular weight is 502 g/mol. The van der Waals surface area contributed by atoms with Crippen LogP contribution in [0.5, 0.6) is 0 Å². The van der Waals surface area contributed by atoms with Crippen LogP contribution in [0, 0.1) is 0 Å². The van der Waals surface area contributed by atoms with Gasteiger partial charge in [0, 0.05) is 31.0 Å². The Kier molecular flexibility index (Phi) is 7.67. The number of carboxylic acids is 1. The van der Waals surface area contributed by atoms with E-state index in [1.807, 2.05) is 46.5 Å². The van der Waals surface area contributed by atoms with E-state index in [1.54, 1.807) is 12.3 Å². The molecule has 0 spiro atoms. The number of carbonyl (C=O) groups is 2. The number of carboxylic acid groups (broad SMARTS) is 1. The third-order valence-electron chi connectivity index (χ3n) is 4.86. The molecule has 1 aliphatic heterocycles. The van der Waals surface area contributed by atoms with E-state index in [4.69, 9.17) is 21.5 Å². The number of halogens is 4. The van der Waals surface area contributed by atoms with Crippen molar-refractivity contribution in [1.82, 2.24) is 34.3 Å². The summed E-state index contributed by atoms with van der Waals surface area (Å²) in [6, 6.07) is 3.56. The molecule has 0 saturated heterocycles. The molecule has 0 aliphatic carbocycles. The molecule has 0 fully saturated rings. The lowest BCUT2D eigenvalue weighted by Gasteiger charge is -2.28. The molecule has 14 heteroatoms. The molecule has 34 heavy (non-hydrogen) atoms. The number of carbonyl (C=O) groups excluding carboxylic acids is 1. The first-order valence-electron chi connectivity index (χ1n) is 10.1. The van der Waals surface area contributed by atoms with Crippen LogP contribution < -0.4 is 5.32 Å². The number of rotatable bonds is 4. The molecule has 2 N–H and O–H groups in total. The summed E-state index contributed by atoms with van der Waals surface area (Å²) >= 11 is 6.00. The van der Waals surface area contributed by atoms with Crippen molar-refractivity contribution < 1.29 is 27.9 Å². The molecule has 184 valence electrons. The monoisotopic (exact) mass is 501 g/mol. The van der Waals surface area contributed by atoms with Crippen LogP contribution in [0.25, 0.3) is 5.65 Å². The van der Waals surface area contributed by atoms with Crippen LogP contribution in [-0.2, 0) is 31.0 Å². The van der Waals surface area contributed by atoms with E-state index in [2.05, 4.69) is 20.3 Å². The number of hydrogen-bond donors (Lipinski definition) is 2. The van der Waals surface area contributed by atoms with Crippen molar-refractivity contribution in [3.05, 3.63) is 52.7 Å². The maximum absolute atomic E-state index is 12.6. The largest absolute Gasteiger partial charge is 0.490 e. The molecule has 0 radical (unpaired) electrons. The number of amides is 2. The van der Waals surface area contributed by atoms with Gasteiger partial charge in [0.25, 0.3) is 0 Å². The molecule has 10 nitrogen and oxygen atoms in total. The molecule has 4 heterocycles. The van der Waals surface area contributed by atoms with Crippen molar-refractivity contribution in [2.75, 3.05) is 20.6 Å². The highest BCUT2D eigenvalue weighted by atomic mass is 35.5. The quantitative estimate of drug-likeness (QED) is 0.569. The zero-order chi connectivity index (χ0) is 25.0. The fourth-order valence-corrected chi connectivity index (χ4v) is 3.50. The van der Waals surface area contributed by atoms with Crippen molar-refractivity contribution in [3.8, 4) is 0 Å². The van der Waals surface area contributed by atoms with E-state index in [-0.39, 0.29) is 6.03 Å². The van der Waals surface area contributed by atoms with Gasteiger partial charge in [0.2, 0.25) is 0 Å². The third kappa shape index (κ3) is 6.38. The summed E-state index contributed by atoms with van der Waals surface area (Å²) in [6.07, 6.45) is 0.494. The number of fused-ring (bicyclic) bond motifs is 2. The van der Waals surface area contributed by atoms with Gasteiger partial charge in [-0.15, -0.1) is 0 Å². The molecular formula is C20H23ClF3N7O3. The SMILES string of the molecule is CN(C)Cc1cnn2c1CN(C(=O)NCc1cn3cc(Cl)ccc3n1)CC2.O=C(O)C(F)(F)F. The first-order chi connectivity index (χ1) is 15.9. The lowest BCUT2D eigenvalue weighted by Crippen LogP contribution is -2.44. The Balaban J connectivity index is 0.000000406. The zero-order valence-electron chi connectivity index (χ0n) is 18.4. The highest BCUT2D eigenvalue weighted by Gasteiger charge is 2.38. The van der Waals surface area contributed by atoms with E-state index < -0.39 is 12.1 Å². The molecule has 0 atom stereocenters. The lowest BCUT2D eigenvalue weighted by atomic mass is 10.2. The molecule has 3 aromatic rings. The van der Waals surface area contributed by atoms with Crippen LogP contribution in [0.3, 0.4) is 0 Å². The van der Waals surface area contributed by atoms with Gasteiger partial charge in [-0.25, -0.2) is 14.6 Å². The number of imidazole rings is 1. The standard InChI is InChI=1S/C18H22ClN7O.C2HF3O2/c1-23(2)9-13-7-21-26-6-5-24(12-16(13)26)18(27)20-8-15-11-25-10-14(19)3-4-17(25)22-15;3-2(4,5)1(6)7/h3-4,7,10-11H,5-6,8-9,12H2,1-2H3,(H,20,27);(H,6,7). The van der Waals surface area contributed by atoms with Gasteiger partial charge in [0.15, 0.2) is 0 Å². The molecule has 0 saturated carbocycles. The van der Waals surface area contributed by atoms with Gasteiger partial charge in [-0.1, -0.05) is 11.6 Å². The second-order valence-electron chi connectivity index (χ2n) is 7.81. The maximum atomic E-state index is 12.6. The molecule has 4 rings (SSSR count). The fourth-order valence-electron chi connectivity index (χ4n) is 3.33. The first kappa shape index (κ1) is 25.3. The third-order valence-corrected chi connectivity index (χ3v) is 5.08. The summed E-state index contributed by atoms with van der Waals surface area (Å²) in [5, 5.41) is 15.2. The van der Waals surface area contributed by atoms with E-state index in [9.17, 15) is 18.0 Å². The van der Waals surface area contributed by atoms with Crippen LogP contribution in [0.2, 0.25) is 5.02 Å². The summed E-state index contributed by atoms with van der Waals surface area (Å²) < 4.78 is 35.6. The minimum Gasteiger partial charge on any atom is -0.475 e. The molecule has 3 aromatic heterocycles. The molecule has 2 amide bonds. The Morgan fingerprint density at radius 1 is 1.24 bits per heavy atom. The van der Waals surface area contributed by atoms with Gasteiger partial charge in [-0.3, -0.25) is 4.68 Å². The van der Waals surface area contributed by atoms with E-state index in [1.165, 1.54) is 0 Å². The van der Waals surface area contributed by atoms with Crippen molar-refractivity contribution in [2.45, 2.75) is 32.4 Å². The Morgan fingerprint density at radius 3 is 2.59 bits per heavy atom. The number of hydrogen-bond acceptors (Lipinski definition) is 5. The predicted octanol–water partition coefficient (Wildman–Crippen LogP) is 2.60. The molecule has 0 bridgehead atoms. The number of alkyl halides is 3. The summed E-state index contributed by atoms with van der Waals surface area (Å²) in [5.41, 5.74) is 3.86. The maximum Gasteiger partial charge on any atom is 0.490 e. The normalized spacial score (nSPS) is 13.4. The second-order valence-corrected chi connectivity index (χ2v) is 8.24. The van der Waals surface area contributed by atoms with E-state index in [0.717, 1.165) is 29.1 Å². The summed E-state index contributed by atoms with van der Waals surface area (Å²) in [7, 11) is 4.05. The van der Waals surface area contributed by atoms with Crippen LogP contribution in [0.1, 0.15) is 17.0 Å². The van der Waals surface area contributed by atoms with Gasteiger partial charge in [0.05, 0.1) is 42.2 Å². The minimum absolute atomic E-state index is 0.0895. The number of aliphatic carboxylic acids is 1. The van der Waals surface area contributed by atoms with Crippen molar-refractivity contribution in [2.24, 2.45) is 0 Å². The Hall–Kier alpha value is -3.32. The predicted molar refractivity (Wildman–Crippen MR) is 116 cm³/mol. The van der Waals surface area contributed by atoms with Gasteiger partial charge in [-0.2, -0.15) is 18.3 Å². The fraction of sp³-hybridized carbons (Fsp3) is 0.400.